The van der Waals surface area contributed by atoms with Crippen molar-refractivity contribution in [1.82, 2.24) is 4.98 Å². The zero-order valence-corrected chi connectivity index (χ0v) is 9.26. The normalized spacial score (nSPS) is 12.2. The molecule has 15 heavy (non-hydrogen) atoms. The summed E-state index contributed by atoms with van der Waals surface area (Å²) in [4.78, 5) is 4.27. The fourth-order valence-corrected chi connectivity index (χ4v) is 1.35. The molecular weight excluding hydrogens is 189 g/mol. The van der Waals surface area contributed by atoms with Crippen molar-refractivity contribution in [3.63, 3.8) is 0 Å². The number of hydrogen-bond acceptors (Lipinski definition) is 1. The van der Waals surface area contributed by atoms with Crippen LogP contribution in [0, 0.1) is 0 Å². The van der Waals surface area contributed by atoms with E-state index in [1.54, 1.807) is 6.08 Å². The SMILES string of the molecule is C=Cc1ccc(C(C)CC)nc1C(=C)F. The molecule has 1 rings (SSSR count). The lowest BCUT2D eigenvalue weighted by Gasteiger charge is -2.10. The van der Waals surface area contributed by atoms with Crippen molar-refractivity contribution in [2.24, 2.45) is 0 Å². The highest BCUT2D eigenvalue weighted by molar-refractivity contribution is 5.65. The van der Waals surface area contributed by atoms with Gasteiger partial charge in [-0.15, -0.1) is 0 Å². The first kappa shape index (κ1) is 11.6. The van der Waals surface area contributed by atoms with E-state index in [0.29, 0.717) is 17.2 Å². The molecule has 0 fully saturated rings. The first-order valence-electron chi connectivity index (χ1n) is 5.08. The van der Waals surface area contributed by atoms with Crippen LogP contribution in [-0.2, 0) is 0 Å². The van der Waals surface area contributed by atoms with Crippen LogP contribution in [0.3, 0.4) is 0 Å². The van der Waals surface area contributed by atoms with Gasteiger partial charge >= 0.3 is 0 Å². The van der Waals surface area contributed by atoms with E-state index in [-0.39, 0.29) is 0 Å². The molecule has 0 spiro atoms. The first-order valence-corrected chi connectivity index (χ1v) is 5.08. The van der Waals surface area contributed by atoms with E-state index in [2.05, 4.69) is 32.0 Å². The summed E-state index contributed by atoms with van der Waals surface area (Å²) in [5, 5.41) is 0. The smallest absolute Gasteiger partial charge is 0.142 e. The van der Waals surface area contributed by atoms with Crippen LogP contribution in [-0.4, -0.2) is 4.98 Å². The Morgan fingerprint density at radius 3 is 2.73 bits per heavy atom. The van der Waals surface area contributed by atoms with Crippen molar-refractivity contribution in [2.75, 3.05) is 0 Å². The van der Waals surface area contributed by atoms with Crippen LogP contribution in [0.4, 0.5) is 4.39 Å². The Balaban J connectivity index is 3.21. The van der Waals surface area contributed by atoms with Crippen LogP contribution in [0.5, 0.6) is 0 Å². The Hall–Kier alpha value is -1.44. The van der Waals surface area contributed by atoms with Gasteiger partial charge in [0, 0.05) is 11.3 Å². The summed E-state index contributed by atoms with van der Waals surface area (Å²) in [7, 11) is 0. The van der Waals surface area contributed by atoms with E-state index in [4.69, 9.17) is 0 Å². The van der Waals surface area contributed by atoms with Crippen LogP contribution >= 0.6 is 0 Å². The summed E-state index contributed by atoms with van der Waals surface area (Å²) in [5.41, 5.74) is 1.90. The Bertz CT molecular complexity index is 382. The molecule has 0 aliphatic heterocycles. The molecule has 1 unspecified atom stereocenters. The van der Waals surface area contributed by atoms with Crippen LogP contribution in [0.2, 0.25) is 0 Å². The molecule has 0 aliphatic rings. The molecule has 0 N–H and O–H groups in total. The lowest BCUT2D eigenvalue weighted by molar-refractivity contribution is 0.698. The molecule has 80 valence electrons. The Morgan fingerprint density at radius 1 is 1.60 bits per heavy atom. The van der Waals surface area contributed by atoms with E-state index < -0.39 is 5.83 Å². The largest absolute Gasteiger partial charge is 0.249 e. The molecule has 0 radical (unpaired) electrons. The van der Waals surface area contributed by atoms with Gasteiger partial charge < -0.3 is 0 Å². The zero-order valence-electron chi connectivity index (χ0n) is 9.26. The number of hydrogen-bond donors (Lipinski definition) is 0. The molecule has 1 heterocycles. The number of rotatable bonds is 4. The fraction of sp³-hybridized carbons (Fsp3) is 0.308. The fourth-order valence-electron chi connectivity index (χ4n) is 1.35. The van der Waals surface area contributed by atoms with Crippen molar-refractivity contribution in [2.45, 2.75) is 26.2 Å². The van der Waals surface area contributed by atoms with Crippen LogP contribution < -0.4 is 0 Å². The third-order valence-corrected chi connectivity index (χ3v) is 2.54. The number of pyridine rings is 1. The Morgan fingerprint density at radius 2 is 2.27 bits per heavy atom. The van der Waals surface area contributed by atoms with Gasteiger partial charge in [-0.3, -0.25) is 0 Å². The topological polar surface area (TPSA) is 12.9 Å². The molecule has 1 nitrogen and oxygen atoms in total. The van der Waals surface area contributed by atoms with Gasteiger partial charge in [0.1, 0.15) is 11.5 Å². The van der Waals surface area contributed by atoms with Crippen molar-refractivity contribution >= 4 is 11.9 Å². The van der Waals surface area contributed by atoms with E-state index in [9.17, 15) is 4.39 Å². The maximum Gasteiger partial charge on any atom is 0.142 e. The number of aromatic nitrogens is 1. The maximum absolute atomic E-state index is 13.1. The standard InChI is InChI=1S/C13H16FN/c1-5-9(3)12-8-7-11(6-2)13(15-12)10(4)14/h6-9H,2,4-5H2,1,3H3. The van der Waals surface area contributed by atoms with Gasteiger partial charge in [0.25, 0.3) is 0 Å². The van der Waals surface area contributed by atoms with E-state index in [0.717, 1.165) is 12.1 Å². The van der Waals surface area contributed by atoms with E-state index in [1.165, 1.54) is 0 Å². The molecule has 2 heteroatoms. The highest BCUT2D eigenvalue weighted by atomic mass is 19.1. The van der Waals surface area contributed by atoms with Gasteiger partial charge in [0.15, 0.2) is 0 Å². The van der Waals surface area contributed by atoms with Gasteiger partial charge in [-0.25, -0.2) is 9.37 Å². The van der Waals surface area contributed by atoms with E-state index in [1.807, 2.05) is 12.1 Å². The predicted molar refractivity (Wildman–Crippen MR) is 63.2 cm³/mol. The molecule has 1 aromatic rings. The van der Waals surface area contributed by atoms with Crippen LogP contribution in [0.1, 0.15) is 43.1 Å². The molecule has 0 aromatic carbocycles. The molecule has 0 aliphatic carbocycles. The van der Waals surface area contributed by atoms with Gasteiger partial charge in [-0.2, -0.15) is 0 Å². The molecule has 0 bridgehead atoms. The van der Waals surface area contributed by atoms with Crippen molar-refractivity contribution in [1.29, 1.82) is 0 Å². The average Bonchev–Trinajstić information content (AvgIpc) is 2.27. The summed E-state index contributed by atoms with van der Waals surface area (Å²) in [5.74, 6) is -0.169. The molecule has 1 aromatic heterocycles. The Labute approximate surface area is 90.4 Å². The van der Waals surface area contributed by atoms with E-state index >= 15 is 0 Å². The number of nitrogens with zero attached hydrogens (tertiary/aromatic N) is 1. The molecule has 0 saturated heterocycles. The van der Waals surface area contributed by atoms with Gasteiger partial charge in [0.05, 0.1) is 0 Å². The maximum atomic E-state index is 13.1. The second-order valence-corrected chi connectivity index (χ2v) is 3.59. The lowest BCUT2D eigenvalue weighted by Crippen LogP contribution is -1.99. The lowest BCUT2D eigenvalue weighted by atomic mass is 10.0. The van der Waals surface area contributed by atoms with Crippen molar-refractivity contribution in [3.05, 3.63) is 42.2 Å². The molecule has 1 atom stereocenters. The minimum absolute atomic E-state index is 0.308. The third-order valence-electron chi connectivity index (χ3n) is 2.54. The third kappa shape index (κ3) is 2.52. The first-order chi connectivity index (χ1) is 7.10. The monoisotopic (exact) mass is 205 g/mol. The van der Waals surface area contributed by atoms with Gasteiger partial charge in [-0.1, -0.05) is 39.1 Å². The minimum Gasteiger partial charge on any atom is -0.249 e. The summed E-state index contributed by atoms with van der Waals surface area (Å²) in [6.45, 7) is 11.1. The summed E-state index contributed by atoms with van der Waals surface area (Å²) < 4.78 is 13.1. The predicted octanol–water partition coefficient (Wildman–Crippen LogP) is 4.18. The van der Waals surface area contributed by atoms with Crippen LogP contribution in [0.25, 0.3) is 11.9 Å². The highest BCUT2D eigenvalue weighted by Gasteiger charge is 2.10. The minimum atomic E-state index is -0.505. The van der Waals surface area contributed by atoms with Crippen molar-refractivity contribution in [3.8, 4) is 0 Å². The summed E-state index contributed by atoms with van der Waals surface area (Å²) in [6, 6.07) is 3.75. The second kappa shape index (κ2) is 4.87. The second-order valence-electron chi connectivity index (χ2n) is 3.59. The quantitative estimate of drug-likeness (QED) is 0.718. The van der Waals surface area contributed by atoms with Gasteiger partial charge in [-0.05, 0) is 18.4 Å². The zero-order chi connectivity index (χ0) is 11.4. The average molecular weight is 205 g/mol. The summed E-state index contributed by atoms with van der Waals surface area (Å²) in [6.07, 6.45) is 2.58. The highest BCUT2D eigenvalue weighted by Crippen LogP contribution is 2.23. The Kier molecular flexibility index (Phi) is 3.78. The van der Waals surface area contributed by atoms with Crippen LogP contribution in [0.15, 0.2) is 25.3 Å². The molecular formula is C13H16FN. The molecule has 0 saturated carbocycles. The summed E-state index contributed by atoms with van der Waals surface area (Å²) >= 11 is 0. The molecule has 0 amide bonds. The number of halogens is 1. The van der Waals surface area contributed by atoms with Gasteiger partial charge in [0.2, 0.25) is 0 Å². The van der Waals surface area contributed by atoms with Crippen molar-refractivity contribution < 1.29 is 4.39 Å².